The van der Waals surface area contributed by atoms with E-state index in [0.29, 0.717) is 15.8 Å². The van der Waals surface area contributed by atoms with Gasteiger partial charge in [0.15, 0.2) is 0 Å². The van der Waals surface area contributed by atoms with E-state index < -0.39 is 34.6 Å². The molecule has 8 nitrogen and oxygen atoms in total. The van der Waals surface area contributed by atoms with Crippen LogP contribution in [0, 0.1) is 0 Å². The number of para-hydroxylation sites is 1. The van der Waals surface area contributed by atoms with E-state index in [0.717, 1.165) is 4.31 Å². The Morgan fingerprint density at radius 3 is 2.42 bits per heavy atom. The predicted molar refractivity (Wildman–Crippen MR) is 94.2 cm³/mol. The van der Waals surface area contributed by atoms with Crippen LogP contribution < -0.4 is 4.90 Å². The molecule has 0 aliphatic carbocycles. The highest BCUT2D eigenvalue weighted by atomic mass is 32.2. The number of furan rings is 1. The van der Waals surface area contributed by atoms with Crippen LogP contribution in [0.2, 0.25) is 0 Å². The summed E-state index contributed by atoms with van der Waals surface area (Å²) in [6.07, 6.45) is 1.50. The van der Waals surface area contributed by atoms with E-state index in [2.05, 4.69) is 0 Å². The zero-order valence-corrected chi connectivity index (χ0v) is 15.2. The molecule has 9 heteroatoms. The van der Waals surface area contributed by atoms with E-state index in [-0.39, 0.29) is 6.54 Å². The number of carbonyl (C=O) groups excluding carboxylic acids is 2. The summed E-state index contributed by atoms with van der Waals surface area (Å²) in [5.41, 5.74) is 0.609. The molecule has 0 bridgehead atoms. The Bertz CT molecular complexity index is 896. The van der Waals surface area contributed by atoms with Crippen molar-refractivity contribution in [3.05, 3.63) is 54.5 Å². The van der Waals surface area contributed by atoms with Crippen molar-refractivity contribution < 1.29 is 22.4 Å². The summed E-state index contributed by atoms with van der Waals surface area (Å²) < 4.78 is 31.6. The molecular formula is C17H19N3O5S. The Hall–Kier alpha value is -2.65. The number of likely N-dealkylation sites (N-methyl/N-ethyl adjacent to an activating group) is 1. The summed E-state index contributed by atoms with van der Waals surface area (Å²) in [7, 11) is -2.80. The van der Waals surface area contributed by atoms with Gasteiger partial charge in [-0.3, -0.25) is 9.59 Å². The summed E-state index contributed by atoms with van der Waals surface area (Å²) in [6.45, 7) is 1.19. The first-order valence-electron chi connectivity index (χ1n) is 7.99. The number of carbonyl (C=O) groups is 2. The highest BCUT2D eigenvalue weighted by molar-refractivity contribution is 7.87. The number of amides is 2. The number of hydrogen-bond donors (Lipinski definition) is 0. The van der Waals surface area contributed by atoms with Gasteiger partial charge in [0.05, 0.1) is 19.4 Å². The third-order valence-electron chi connectivity index (χ3n) is 4.30. The number of hydrogen-bond acceptors (Lipinski definition) is 5. The minimum atomic E-state index is -3.99. The molecule has 1 unspecified atom stereocenters. The van der Waals surface area contributed by atoms with Crippen LogP contribution in [0.3, 0.4) is 0 Å². The molecule has 2 heterocycles. The second kappa shape index (κ2) is 6.93. The van der Waals surface area contributed by atoms with Crippen molar-refractivity contribution in [1.82, 2.24) is 8.61 Å². The van der Waals surface area contributed by atoms with Crippen molar-refractivity contribution in [2.45, 2.75) is 19.5 Å². The Labute approximate surface area is 151 Å². The minimum Gasteiger partial charge on any atom is -0.467 e. The number of rotatable bonds is 5. The molecule has 26 heavy (non-hydrogen) atoms. The van der Waals surface area contributed by atoms with Crippen molar-refractivity contribution >= 4 is 27.7 Å². The van der Waals surface area contributed by atoms with Crippen molar-refractivity contribution in [3.63, 3.8) is 0 Å². The van der Waals surface area contributed by atoms with Crippen LogP contribution in [0.15, 0.2) is 53.1 Å². The van der Waals surface area contributed by atoms with Crippen LogP contribution >= 0.6 is 0 Å². The molecule has 0 radical (unpaired) electrons. The molecule has 1 saturated heterocycles. The van der Waals surface area contributed by atoms with E-state index in [4.69, 9.17) is 4.42 Å². The third kappa shape index (κ3) is 3.23. The lowest BCUT2D eigenvalue weighted by Gasteiger charge is -2.25. The number of nitrogens with zero attached hydrogens (tertiary/aromatic N) is 3. The number of anilines is 1. The van der Waals surface area contributed by atoms with E-state index in [1.54, 1.807) is 36.4 Å². The van der Waals surface area contributed by atoms with E-state index in [9.17, 15) is 18.0 Å². The molecule has 138 valence electrons. The van der Waals surface area contributed by atoms with Gasteiger partial charge in [0.1, 0.15) is 11.8 Å². The summed E-state index contributed by atoms with van der Waals surface area (Å²) >= 11 is 0. The molecule has 1 aliphatic heterocycles. The predicted octanol–water partition coefficient (Wildman–Crippen LogP) is 1.22. The van der Waals surface area contributed by atoms with E-state index >= 15 is 0 Å². The van der Waals surface area contributed by atoms with E-state index in [1.807, 2.05) is 6.07 Å². The largest absolute Gasteiger partial charge is 0.467 e. The normalized spacial score (nSPS) is 19.7. The number of benzene rings is 1. The molecule has 1 aliphatic rings. The van der Waals surface area contributed by atoms with Gasteiger partial charge in [-0.25, -0.2) is 4.31 Å². The van der Waals surface area contributed by atoms with Gasteiger partial charge in [-0.1, -0.05) is 18.2 Å². The van der Waals surface area contributed by atoms with E-state index in [1.165, 1.54) is 25.1 Å². The van der Waals surface area contributed by atoms with Gasteiger partial charge in [-0.2, -0.15) is 12.7 Å². The Morgan fingerprint density at radius 2 is 1.88 bits per heavy atom. The van der Waals surface area contributed by atoms with Crippen LogP contribution in [-0.2, 0) is 26.3 Å². The Balaban J connectivity index is 1.87. The molecule has 2 aromatic rings. The summed E-state index contributed by atoms with van der Waals surface area (Å²) in [4.78, 5) is 26.3. The molecule has 1 atom stereocenters. The van der Waals surface area contributed by atoms with Gasteiger partial charge in [0.25, 0.3) is 5.91 Å². The standard InChI is InChI=1S/C17H19N3O5S/c1-13-17(22)18(2)26(23,24)20(13)12-16(21)19(11-15-9-6-10-25-15)14-7-4-3-5-8-14/h3-10,13H,11-12H2,1-2H3. The zero-order valence-electron chi connectivity index (χ0n) is 14.4. The van der Waals surface area contributed by atoms with Gasteiger partial charge in [0.2, 0.25) is 5.91 Å². The Kier molecular flexibility index (Phi) is 4.84. The maximum absolute atomic E-state index is 12.9. The summed E-state index contributed by atoms with van der Waals surface area (Å²) in [5.74, 6) is -0.450. The van der Waals surface area contributed by atoms with Crippen LogP contribution in [0.5, 0.6) is 0 Å². The fourth-order valence-corrected chi connectivity index (χ4v) is 4.24. The van der Waals surface area contributed by atoms with Gasteiger partial charge in [0, 0.05) is 12.7 Å². The molecular weight excluding hydrogens is 358 g/mol. The average Bonchev–Trinajstić information content (AvgIpc) is 3.19. The molecule has 0 N–H and O–H groups in total. The lowest BCUT2D eigenvalue weighted by Crippen LogP contribution is -2.44. The van der Waals surface area contributed by atoms with Crippen molar-refractivity contribution in [1.29, 1.82) is 0 Å². The van der Waals surface area contributed by atoms with Crippen molar-refractivity contribution in [3.8, 4) is 0 Å². The first-order valence-corrected chi connectivity index (χ1v) is 9.39. The lowest BCUT2D eigenvalue weighted by atomic mass is 10.2. The maximum atomic E-state index is 12.9. The van der Waals surface area contributed by atoms with Gasteiger partial charge >= 0.3 is 10.2 Å². The molecule has 2 amide bonds. The van der Waals surface area contributed by atoms with Crippen LogP contribution in [0.4, 0.5) is 5.69 Å². The quantitative estimate of drug-likeness (QED) is 0.781. The van der Waals surface area contributed by atoms with Gasteiger partial charge < -0.3 is 9.32 Å². The Morgan fingerprint density at radius 1 is 1.19 bits per heavy atom. The fourth-order valence-electron chi connectivity index (χ4n) is 2.78. The highest BCUT2D eigenvalue weighted by Crippen LogP contribution is 2.24. The van der Waals surface area contributed by atoms with Crippen LogP contribution in [-0.4, -0.2) is 48.5 Å². The smallest absolute Gasteiger partial charge is 0.307 e. The molecule has 1 fully saturated rings. The maximum Gasteiger partial charge on any atom is 0.307 e. The first-order chi connectivity index (χ1) is 12.3. The lowest BCUT2D eigenvalue weighted by molar-refractivity contribution is -0.127. The zero-order chi connectivity index (χ0) is 18.9. The second-order valence-electron chi connectivity index (χ2n) is 5.93. The fraction of sp³-hybridized carbons (Fsp3) is 0.294. The summed E-state index contributed by atoms with van der Waals surface area (Å²) in [6, 6.07) is 11.4. The van der Waals surface area contributed by atoms with Gasteiger partial charge in [-0.15, -0.1) is 0 Å². The highest BCUT2D eigenvalue weighted by Gasteiger charge is 2.47. The molecule has 0 saturated carbocycles. The SMILES string of the molecule is CC1C(=O)N(C)S(=O)(=O)N1CC(=O)N(Cc1ccco1)c1ccccc1. The summed E-state index contributed by atoms with van der Waals surface area (Å²) in [5, 5.41) is 0. The molecule has 1 aromatic carbocycles. The second-order valence-corrected chi connectivity index (χ2v) is 7.84. The third-order valence-corrected chi connectivity index (χ3v) is 6.21. The molecule has 0 spiro atoms. The molecule has 3 rings (SSSR count). The van der Waals surface area contributed by atoms with Crippen LogP contribution in [0.1, 0.15) is 12.7 Å². The average molecular weight is 377 g/mol. The van der Waals surface area contributed by atoms with Crippen molar-refractivity contribution in [2.24, 2.45) is 0 Å². The topological polar surface area (TPSA) is 91.1 Å². The van der Waals surface area contributed by atoms with Crippen LogP contribution in [0.25, 0.3) is 0 Å². The first kappa shape index (κ1) is 18.2. The van der Waals surface area contributed by atoms with Crippen molar-refractivity contribution in [2.75, 3.05) is 18.5 Å². The monoisotopic (exact) mass is 377 g/mol. The minimum absolute atomic E-state index is 0.155. The molecule has 1 aromatic heterocycles. The van der Waals surface area contributed by atoms with Gasteiger partial charge in [-0.05, 0) is 31.2 Å².